The fourth-order valence-electron chi connectivity index (χ4n) is 10.7. The Bertz CT molecular complexity index is 1310. The van der Waals surface area contributed by atoms with Crippen LogP contribution < -0.4 is 5.32 Å². The number of amides is 1. The Morgan fingerprint density at radius 3 is 1.32 bits per heavy atom. The molecule has 12 atom stereocenters. The molecular formula is C61H117NO13. The number of carbonyl (C=O) groups is 1. The summed E-state index contributed by atoms with van der Waals surface area (Å²) in [5.74, 6) is -0.215. The number of rotatable bonds is 51. The van der Waals surface area contributed by atoms with Crippen molar-refractivity contribution >= 4 is 5.91 Å². The summed E-state index contributed by atoms with van der Waals surface area (Å²) in [5, 5.41) is 87.1. The number of carbonyl (C=O) groups excluding carboxylic acids is 1. The van der Waals surface area contributed by atoms with Crippen molar-refractivity contribution in [3.05, 3.63) is 12.2 Å². The number of nitrogens with one attached hydrogen (secondary N) is 1. The lowest BCUT2D eigenvalue weighted by atomic mass is 9.97. The van der Waals surface area contributed by atoms with Crippen LogP contribution in [0.15, 0.2) is 12.2 Å². The van der Waals surface area contributed by atoms with Gasteiger partial charge in [-0.15, -0.1) is 0 Å². The molecule has 2 rings (SSSR count). The molecule has 0 aromatic rings. The number of allylic oxidation sites excluding steroid dienone is 2. The fourth-order valence-corrected chi connectivity index (χ4v) is 10.7. The van der Waals surface area contributed by atoms with Gasteiger partial charge in [-0.1, -0.05) is 251 Å². The molecule has 2 fully saturated rings. The van der Waals surface area contributed by atoms with Crippen molar-refractivity contribution in [2.45, 2.75) is 351 Å². The Labute approximate surface area is 456 Å². The Kier molecular flexibility index (Phi) is 44.3. The first-order valence-electron chi connectivity index (χ1n) is 31.4. The Morgan fingerprint density at radius 2 is 0.867 bits per heavy atom. The van der Waals surface area contributed by atoms with Gasteiger partial charge in [0, 0.05) is 6.42 Å². The smallest absolute Gasteiger partial charge is 0.220 e. The summed E-state index contributed by atoms with van der Waals surface area (Å²) in [4.78, 5) is 13.2. The van der Waals surface area contributed by atoms with Crippen LogP contribution in [0.4, 0.5) is 0 Å². The third kappa shape index (κ3) is 33.2. The molecule has 2 aliphatic rings. The molecular weight excluding hydrogens is 955 g/mol. The maximum absolute atomic E-state index is 13.2. The average Bonchev–Trinajstić information content (AvgIpc) is 3.41. The molecule has 14 heteroatoms. The second-order valence-electron chi connectivity index (χ2n) is 22.5. The van der Waals surface area contributed by atoms with Crippen molar-refractivity contribution in [2.75, 3.05) is 19.8 Å². The molecule has 0 aromatic heterocycles. The third-order valence-electron chi connectivity index (χ3n) is 15.7. The molecule has 2 aliphatic heterocycles. The second kappa shape index (κ2) is 47.5. The van der Waals surface area contributed by atoms with E-state index < -0.39 is 86.8 Å². The van der Waals surface area contributed by atoms with Crippen LogP contribution >= 0.6 is 0 Å². The van der Waals surface area contributed by atoms with Crippen LogP contribution in [0.25, 0.3) is 0 Å². The van der Waals surface area contributed by atoms with Crippen LogP contribution in [0.1, 0.15) is 277 Å². The maximum atomic E-state index is 13.2. The summed E-state index contributed by atoms with van der Waals surface area (Å²) in [6, 6.07) is -0.829. The van der Waals surface area contributed by atoms with E-state index in [4.69, 9.17) is 18.9 Å². The van der Waals surface area contributed by atoms with Crippen molar-refractivity contribution in [3.63, 3.8) is 0 Å². The molecule has 0 bridgehead atoms. The van der Waals surface area contributed by atoms with E-state index in [0.29, 0.717) is 19.3 Å². The molecule has 0 saturated carbocycles. The molecule has 2 heterocycles. The molecule has 14 nitrogen and oxygen atoms in total. The van der Waals surface area contributed by atoms with Crippen molar-refractivity contribution in [1.29, 1.82) is 0 Å². The molecule has 0 aromatic carbocycles. The van der Waals surface area contributed by atoms with Crippen LogP contribution in [0.5, 0.6) is 0 Å². The highest BCUT2D eigenvalue weighted by Gasteiger charge is 2.51. The van der Waals surface area contributed by atoms with E-state index in [-0.39, 0.29) is 12.5 Å². The van der Waals surface area contributed by atoms with E-state index in [0.717, 1.165) is 70.6 Å². The topological polar surface area (TPSA) is 228 Å². The van der Waals surface area contributed by atoms with Crippen molar-refractivity contribution < 1.29 is 64.6 Å². The molecule has 75 heavy (non-hydrogen) atoms. The molecule has 1 amide bonds. The SMILES string of the molecule is CCC/C=C\CCCCCCCC(=O)NC(COC1OC(CO)C(OC2OC(CO)C(O)C(O)C2O)C(O)C1O)C(O)CCCCCCCCCCCCCCCCCCCCCCCCCCCCCCCCC. The quantitative estimate of drug-likeness (QED) is 0.0204. The van der Waals surface area contributed by atoms with Gasteiger partial charge in [0.15, 0.2) is 12.6 Å². The second-order valence-corrected chi connectivity index (χ2v) is 22.5. The lowest BCUT2D eigenvalue weighted by molar-refractivity contribution is -0.359. The number of aliphatic hydroxyl groups excluding tert-OH is 8. The monoisotopic (exact) mass is 1070 g/mol. The number of aliphatic hydroxyl groups is 8. The molecule has 0 radical (unpaired) electrons. The minimum Gasteiger partial charge on any atom is -0.394 e. The minimum atomic E-state index is -1.78. The first kappa shape index (κ1) is 69.8. The zero-order valence-electron chi connectivity index (χ0n) is 47.8. The van der Waals surface area contributed by atoms with E-state index >= 15 is 0 Å². The van der Waals surface area contributed by atoms with Crippen LogP contribution in [0.2, 0.25) is 0 Å². The predicted molar refractivity (Wildman–Crippen MR) is 300 cm³/mol. The zero-order valence-corrected chi connectivity index (χ0v) is 47.8. The summed E-state index contributed by atoms with van der Waals surface area (Å²) in [6.45, 7) is 2.81. The Balaban J connectivity index is 1.61. The number of hydrogen-bond acceptors (Lipinski definition) is 13. The van der Waals surface area contributed by atoms with Crippen LogP contribution in [-0.2, 0) is 23.7 Å². The largest absolute Gasteiger partial charge is 0.394 e. The number of ether oxygens (including phenoxy) is 4. The summed E-state index contributed by atoms with van der Waals surface area (Å²) in [6.07, 6.45) is 38.3. The molecule has 0 spiro atoms. The average molecular weight is 1070 g/mol. The van der Waals surface area contributed by atoms with Gasteiger partial charge in [0.2, 0.25) is 5.91 Å². The van der Waals surface area contributed by atoms with E-state index in [1.54, 1.807) is 0 Å². The summed E-state index contributed by atoms with van der Waals surface area (Å²) in [7, 11) is 0. The lowest BCUT2D eigenvalue weighted by Crippen LogP contribution is -2.65. The standard InChI is InChI=1S/C61H117NO13/c1-3-5-7-9-11-13-15-16-17-18-19-20-21-22-23-24-25-26-27-28-29-30-31-32-33-34-35-36-38-40-42-44-50(65)49(62-53(66)45-43-41-39-37-14-12-10-8-6-4-2)48-72-60-58(71)56(69)59(52(47-64)74-60)75-61-57(70)55(68)54(67)51(46-63)73-61/h8,10,49-52,54-61,63-65,67-71H,3-7,9,11-48H2,1-2H3,(H,62,66)/b10-8-. The molecule has 12 unspecified atom stereocenters. The van der Waals surface area contributed by atoms with Crippen LogP contribution in [-0.4, -0.2) is 140 Å². The first-order chi connectivity index (χ1) is 36.6. The van der Waals surface area contributed by atoms with Gasteiger partial charge in [0.25, 0.3) is 0 Å². The van der Waals surface area contributed by atoms with Gasteiger partial charge in [-0.2, -0.15) is 0 Å². The summed E-state index contributed by atoms with van der Waals surface area (Å²) in [5.41, 5.74) is 0. The molecule has 0 aliphatic carbocycles. The summed E-state index contributed by atoms with van der Waals surface area (Å²) < 4.78 is 22.8. The minimum absolute atomic E-state index is 0.215. The third-order valence-corrected chi connectivity index (χ3v) is 15.7. The van der Waals surface area contributed by atoms with Gasteiger partial charge in [0.05, 0.1) is 32.0 Å². The molecule has 2 saturated heterocycles. The molecule has 444 valence electrons. The van der Waals surface area contributed by atoms with Crippen LogP contribution in [0.3, 0.4) is 0 Å². The highest BCUT2D eigenvalue weighted by Crippen LogP contribution is 2.30. The van der Waals surface area contributed by atoms with Gasteiger partial charge < -0.3 is 65.1 Å². The number of unbranched alkanes of at least 4 members (excludes halogenated alkanes) is 36. The lowest BCUT2D eigenvalue weighted by Gasteiger charge is -2.46. The maximum Gasteiger partial charge on any atom is 0.220 e. The van der Waals surface area contributed by atoms with Gasteiger partial charge in [-0.3, -0.25) is 4.79 Å². The van der Waals surface area contributed by atoms with E-state index in [9.17, 15) is 45.6 Å². The van der Waals surface area contributed by atoms with E-state index in [1.165, 1.54) is 173 Å². The van der Waals surface area contributed by atoms with Crippen molar-refractivity contribution in [3.8, 4) is 0 Å². The Morgan fingerprint density at radius 1 is 0.467 bits per heavy atom. The zero-order chi connectivity index (χ0) is 54.6. The predicted octanol–water partition coefficient (Wildman–Crippen LogP) is 11.1. The van der Waals surface area contributed by atoms with Gasteiger partial charge in [-0.05, 0) is 32.1 Å². The van der Waals surface area contributed by atoms with Gasteiger partial charge in [0.1, 0.15) is 48.8 Å². The fraction of sp³-hybridized carbons (Fsp3) is 0.951. The molecule has 9 N–H and O–H groups in total. The summed E-state index contributed by atoms with van der Waals surface area (Å²) >= 11 is 0. The van der Waals surface area contributed by atoms with Gasteiger partial charge >= 0.3 is 0 Å². The normalized spacial score (nSPS) is 25.0. The highest BCUT2D eigenvalue weighted by molar-refractivity contribution is 5.76. The number of hydrogen-bond donors (Lipinski definition) is 9. The van der Waals surface area contributed by atoms with E-state index in [1.807, 2.05) is 0 Å². The van der Waals surface area contributed by atoms with Gasteiger partial charge in [-0.25, -0.2) is 0 Å². The first-order valence-corrected chi connectivity index (χ1v) is 31.4. The van der Waals surface area contributed by atoms with Crippen molar-refractivity contribution in [2.24, 2.45) is 0 Å². The van der Waals surface area contributed by atoms with Crippen molar-refractivity contribution in [1.82, 2.24) is 5.32 Å². The van der Waals surface area contributed by atoms with E-state index in [2.05, 4.69) is 31.3 Å². The van der Waals surface area contributed by atoms with Crippen LogP contribution in [0, 0.1) is 0 Å². The Hall–Kier alpha value is -1.27. The highest BCUT2D eigenvalue weighted by atomic mass is 16.7.